The largest absolute Gasteiger partial charge is 0.488 e. The van der Waals surface area contributed by atoms with Crippen LogP contribution in [0, 0.1) is 0 Å². The summed E-state index contributed by atoms with van der Waals surface area (Å²) in [7, 11) is 1.73. The topological polar surface area (TPSA) is 76.1 Å². The van der Waals surface area contributed by atoms with E-state index in [1.807, 2.05) is 72.8 Å². The van der Waals surface area contributed by atoms with E-state index in [-0.39, 0.29) is 17.4 Å². The zero-order chi connectivity index (χ0) is 27.8. The molecular formula is C33H33NO5. The van der Waals surface area contributed by atoms with Gasteiger partial charge in [0.2, 0.25) is 0 Å². The van der Waals surface area contributed by atoms with Crippen molar-refractivity contribution in [3.05, 3.63) is 130 Å². The Kier molecular flexibility index (Phi) is 9.00. The van der Waals surface area contributed by atoms with Crippen LogP contribution < -0.4 is 9.47 Å². The third-order valence-corrected chi connectivity index (χ3v) is 6.41. The highest BCUT2D eigenvalue weighted by Gasteiger charge is 2.22. The smallest absolute Gasteiger partial charge is 0.335 e. The van der Waals surface area contributed by atoms with Crippen LogP contribution in [0.25, 0.3) is 0 Å². The van der Waals surface area contributed by atoms with E-state index < -0.39 is 5.97 Å². The Balaban J connectivity index is 1.64. The molecule has 0 fully saturated rings. The molecule has 0 saturated heterocycles. The van der Waals surface area contributed by atoms with E-state index >= 15 is 0 Å². The predicted molar refractivity (Wildman–Crippen MR) is 151 cm³/mol. The van der Waals surface area contributed by atoms with Crippen molar-refractivity contribution in [1.29, 1.82) is 0 Å². The second-order valence-corrected chi connectivity index (χ2v) is 9.75. The van der Waals surface area contributed by atoms with Crippen molar-refractivity contribution in [1.82, 2.24) is 4.90 Å². The highest BCUT2D eigenvalue weighted by molar-refractivity contribution is 5.97. The van der Waals surface area contributed by atoms with Gasteiger partial charge in [0.15, 0.2) is 0 Å². The fourth-order valence-electron chi connectivity index (χ4n) is 4.22. The van der Waals surface area contributed by atoms with Gasteiger partial charge in [0.25, 0.3) is 5.91 Å². The fourth-order valence-corrected chi connectivity index (χ4v) is 4.22. The molecule has 0 radical (unpaired) electrons. The Morgan fingerprint density at radius 1 is 0.744 bits per heavy atom. The normalized spacial score (nSPS) is 10.8. The number of hydrogen-bond acceptors (Lipinski definition) is 4. The minimum absolute atomic E-state index is 0.111. The molecule has 6 heteroatoms. The SMILES string of the molecule is CC(C)c1cc(C(=O)N(C)Cc2ccc(C(=O)O)cc2)c(OCc2ccccc2)cc1OCc1ccccc1. The number of carboxylic acid groups (broad SMARTS) is 1. The number of carbonyl (C=O) groups is 2. The van der Waals surface area contributed by atoms with Gasteiger partial charge in [0.05, 0.1) is 11.1 Å². The van der Waals surface area contributed by atoms with Crippen LogP contribution in [-0.4, -0.2) is 28.9 Å². The number of carbonyl (C=O) groups excluding carboxylic acids is 1. The maximum absolute atomic E-state index is 13.7. The van der Waals surface area contributed by atoms with Crippen LogP contribution in [0.1, 0.15) is 62.7 Å². The molecule has 0 atom stereocenters. The maximum atomic E-state index is 13.7. The summed E-state index contributed by atoms with van der Waals surface area (Å²) in [6.07, 6.45) is 0. The Labute approximate surface area is 229 Å². The number of benzene rings is 4. The summed E-state index contributed by atoms with van der Waals surface area (Å²) in [4.78, 5) is 26.5. The Bertz CT molecular complexity index is 1400. The van der Waals surface area contributed by atoms with Gasteiger partial charge in [-0.25, -0.2) is 4.79 Å². The lowest BCUT2D eigenvalue weighted by Crippen LogP contribution is -2.27. The molecule has 200 valence electrons. The van der Waals surface area contributed by atoms with E-state index in [2.05, 4.69) is 13.8 Å². The van der Waals surface area contributed by atoms with E-state index in [0.717, 1.165) is 22.3 Å². The van der Waals surface area contributed by atoms with Crippen LogP contribution in [0.4, 0.5) is 0 Å². The van der Waals surface area contributed by atoms with E-state index in [0.29, 0.717) is 36.8 Å². The van der Waals surface area contributed by atoms with E-state index in [9.17, 15) is 9.59 Å². The third-order valence-electron chi connectivity index (χ3n) is 6.41. The molecule has 0 aromatic heterocycles. The summed E-state index contributed by atoms with van der Waals surface area (Å²) in [5.74, 6) is 0.0583. The van der Waals surface area contributed by atoms with Crippen molar-refractivity contribution in [2.75, 3.05) is 7.05 Å². The van der Waals surface area contributed by atoms with Gasteiger partial charge in [-0.05, 0) is 46.4 Å². The average molecular weight is 524 g/mol. The molecule has 0 saturated carbocycles. The summed E-state index contributed by atoms with van der Waals surface area (Å²) < 4.78 is 12.5. The molecule has 4 aromatic rings. The monoisotopic (exact) mass is 523 g/mol. The number of rotatable bonds is 11. The summed E-state index contributed by atoms with van der Waals surface area (Å²) in [6.45, 7) is 5.16. The zero-order valence-corrected chi connectivity index (χ0v) is 22.5. The van der Waals surface area contributed by atoms with Gasteiger partial charge in [-0.3, -0.25) is 4.79 Å². The van der Waals surface area contributed by atoms with Crippen LogP contribution in [0.3, 0.4) is 0 Å². The first-order chi connectivity index (χ1) is 18.8. The molecule has 6 nitrogen and oxygen atoms in total. The van der Waals surface area contributed by atoms with Crippen molar-refractivity contribution in [3.8, 4) is 11.5 Å². The van der Waals surface area contributed by atoms with Crippen molar-refractivity contribution in [2.45, 2.75) is 39.5 Å². The Hall–Kier alpha value is -4.58. The van der Waals surface area contributed by atoms with Gasteiger partial charge in [0.1, 0.15) is 24.7 Å². The number of ether oxygens (including phenoxy) is 2. The molecule has 0 aliphatic heterocycles. The van der Waals surface area contributed by atoms with Crippen LogP contribution >= 0.6 is 0 Å². The van der Waals surface area contributed by atoms with Crippen molar-refractivity contribution >= 4 is 11.9 Å². The second-order valence-electron chi connectivity index (χ2n) is 9.75. The number of nitrogens with zero attached hydrogens (tertiary/aromatic N) is 1. The Morgan fingerprint density at radius 2 is 1.28 bits per heavy atom. The van der Waals surface area contributed by atoms with Crippen LogP contribution in [-0.2, 0) is 19.8 Å². The summed E-state index contributed by atoms with van der Waals surface area (Å²) in [5, 5.41) is 9.17. The Morgan fingerprint density at radius 3 is 1.79 bits per heavy atom. The molecule has 39 heavy (non-hydrogen) atoms. The highest BCUT2D eigenvalue weighted by Crippen LogP contribution is 2.35. The van der Waals surface area contributed by atoms with Gasteiger partial charge >= 0.3 is 5.97 Å². The van der Waals surface area contributed by atoms with Gasteiger partial charge in [-0.1, -0.05) is 86.6 Å². The molecule has 0 bridgehead atoms. The van der Waals surface area contributed by atoms with Gasteiger partial charge in [-0.15, -0.1) is 0 Å². The van der Waals surface area contributed by atoms with E-state index in [1.165, 1.54) is 0 Å². The molecule has 4 rings (SSSR count). The highest BCUT2D eigenvalue weighted by atomic mass is 16.5. The van der Waals surface area contributed by atoms with Gasteiger partial charge in [0, 0.05) is 19.7 Å². The molecule has 0 heterocycles. The van der Waals surface area contributed by atoms with E-state index in [4.69, 9.17) is 14.6 Å². The fraction of sp³-hybridized carbons (Fsp3) is 0.212. The number of aromatic carboxylic acids is 1. The quantitative estimate of drug-likeness (QED) is 0.230. The van der Waals surface area contributed by atoms with Crippen molar-refractivity contribution < 1.29 is 24.2 Å². The molecule has 0 aliphatic carbocycles. The summed E-state index contributed by atoms with van der Waals surface area (Å²) in [6, 6.07) is 30.0. The molecule has 4 aromatic carbocycles. The van der Waals surface area contributed by atoms with Crippen LogP contribution in [0.2, 0.25) is 0 Å². The molecule has 1 amide bonds. The second kappa shape index (κ2) is 12.8. The van der Waals surface area contributed by atoms with Crippen LogP contribution in [0.5, 0.6) is 11.5 Å². The van der Waals surface area contributed by atoms with Crippen molar-refractivity contribution in [3.63, 3.8) is 0 Å². The van der Waals surface area contributed by atoms with Crippen molar-refractivity contribution in [2.24, 2.45) is 0 Å². The van der Waals surface area contributed by atoms with Crippen LogP contribution in [0.15, 0.2) is 97.1 Å². The van der Waals surface area contributed by atoms with Gasteiger partial charge in [-0.2, -0.15) is 0 Å². The number of amides is 1. The molecule has 1 N–H and O–H groups in total. The number of carboxylic acids is 1. The maximum Gasteiger partial charge on any atom is 0.335 e. The predicted octanol–water partition coefficient (Wildman–Crippen LogP) is 6.94. The molecule has 0 spiro atoms. The first kappa shape index (κ1) is 27.5. The molecular weight excluding hydrogens is 490 g/mol. The lowest BCUT2D eigenvalue weighted by molar-refractivity contribution is 0.0695. The lowest BCUT2D eigenvalue weighted by atomic mass is 9.98. The van der Waals surface area contributed by atoms with E-state index in [1.54, 1.807) is 36.2 Å². The first-order valence-corrected chi connectivity index (χ1v) is 12.9. The summed E-state index contributed by atoms with van der Waals surface area (Å²) >= 11 is 0. The standard InChI is InChI=1S/C33H33NO5/c1-23(2)28-18-29(32(35)34(3)20-24-14-16-27(17-15-24)33(36)37)31(39-22-26-12-8-5-9-13-26)19-30(28)38-21-25-10-6-4-7-11-25/h4-19,23H,20-22H2,1-3H3,(H,36,37). The lowest BCUT2D eigenvalue weighted by Gasteiger charge is -2.23. The first-order valence-electron chi connectivity index (χ1n) is 12.9. The number of hydrogen-bond donors (Lipinski definition) is 1. The molecule has 0 unspecified atom stereocenters. The molecule has 0 aliphatic rings. The third kappa shape index (κ3) is 7.26. The average Bonchev–Trinajstić information content (AvgIpc) is 2.95. The minimum atomic E-state index is -0.984. The zero-order valence-electron chi connectivity index (χ0n) is 22.5. The summed E-state index contributed by atoms with van der Waals surface area (Å²) in [5.41, 5.74) is 4.44. The minimum Gasteiger partial charge on any atom is -0.488 e. The van der Waals surface area contributed by atoms with Gasteiger partial charge < -0.3 is 19.5 Å².